The standard InChI is InChI=1S/C18H15NO4/c1-12(20)19-16-8-6-14(7-9-16)17(21)10-5-13-3-2-4-15(11-13)18(22)23/h2-11H,1H3,(H,19,20)(H,22,23)/b10-5+. The molecule has 2 aromatic carbocycles. The van der Waals surface area contributed by atoms with Gasteiger partial charge in [-0.15, -0.1) is 0 Å². The molecule has 0 fully saturated rings. The Bertz CT molecular complexity index is 776. The average Bonchev–Trinajstić information content (AvgIpc) is 2.53. The summed E-state index contributed by atoms with van der Waals surface area (Å²) in [6, 6.07) is 12.8. The highest BCUT2D eigenvalue weighted by Gasteiger charge is 2.04. The Morgan fingerprint density at radius 2 is 1.70 bits per heavy atom. The van der Waals surface area contributed by atoms with Crippen LogP contribution in [-0.4, -0.2) is 22.8 Å². The van der Waals surface area contributed by atoms with Crippen molar-refractivity contribution in [3.8, 4) is 0 Å². The summed E-state index contributed by atoms with van der Waals surface area (Å²) >= 11 is 0. The van der Waals surface area contributed by atoms with Crippen molar-refractivity contribution in [3.63, 3.8) is 0 Å². The topological polar surface area (TPSA) is 83.5 Å². The monoisotopic (exact) mass is 309 g/mol. The number of ketones is 1. The number of carbonyl (C=O) groups is 3. The Labute approximate surface area is 133 Å². The highest BCUT2D eigenvalue weighted by molar-refractivity contribution is 6.07. The Morgan fingerprint density at radius 3 is 2.30 bits per heavy atom. The van der Waals surface area contributed by atoms with Crippen LogP contribution in [-0.2, 0) is 4.79 Å². The van der Waals surface area contributed by atoms with E-state index in [-0.39, 0.29) is 17.3 Å². The predicted molar refractivity (Wildman–Crippen MR) is 87.5 cm³/mol. The molecule has 0 aliphatic heterocycles. The highest BCUT2D eigenvalue weighted by atomic mass is 16.4. The van der Waals surface area contributed by atoms with E-state index in [4.69, 9.17) is 5.11 Å². The summed E-state index contributed by atoms with van der Waals surface area (Å²) in [5.74, 6) is -1.40. The van der Waals surface area contributed by atoms with Crippen LogP contribution in [0.2, 0.25) is 0 Å². The lowest BCUT2D eigenvalue weighted by molar-refractivity contribution is -0.114. The number of benzene rings is 2. The normalized spacial score (nSPS) is 10.5. The number of hydrogen-bond donors (Lipinski definition) is 2. The summed E-state index contributed by atoms with van der Waals surface area (Å²) in [7, 11) is 0. The van der Waals surface area contributed by atoms with Crippen LogP contribution >= 0.6 is 0 Å². The van der Waals surface area contributed by atoms with Crippen molar-refractivity contribution in [3.05, 3.63) is 71.3 Å². The van der Waals surface area contributed by atoms with Gasteiger partial charge < -0.3 is 10.4 Å². The third-order valence-corrected chi connectivity index (χ3v) is 3.05. The molecule has 1 amide bonds. The third-order valence-electron chi connectivity index (χ3n) is 3.05. The minimum Gasteiger partial charge on any atom is -0.478 e. The maximum Gasteiger partial charge on any atom is 0.335 e. The van der Waals surface area contributed by atoms with Crippen molar-refractivity contribution in [1.82, 2.24) is 0 Å². The molecule has 0 saturated carbocycles. The van der Waals surface area contributed by atoms with Gasteiger partial charge >= 0.3 is 5.97 Å². The molecule has 0 saturated heterocycles. The second-order valence-corrected chi connectivity index (χ2v) is 4.89. The largest absolute Gasteiger partial charge is 0.478 e. The Hall–Kier alpha value is -3.21. The molecule has 5 nitrogen and oxygen atoms in total. The molecule has 2 rings (SSSR count). The molecule has 2 aromatic rings. The van der Waals surface area contributed by atoms with Gasteiger partial charge in [-0.1, -0.05) is 18.2 Å². The van der Waals surface area contributed by atoms with Crippen LogP contribution in [0.3, 0.4) is 0 Å². The summed E-state index contributed by atoms with van der Waals surface area (Å²) in [5, 5.41) is 11.6. The van der Waals surface area contributed by atoms with E-state index in [9.17, 15) is 14.4 Å². The van der Waals surface area contributed by atoms with E-state index >= 15 is 0 Å². The lowest BCUT2D eigenvalue weighted by Crippen LogP contribution is -2.05. The molecule has 0 spiro atoms. The predicted octanol–water partition coefficient (Wildman–Crippen LogP) is 3.24. The summed E-state index contributed by atoms with van der Waals surface area (Å²) in [6.45, 7) is 1.41. The van der Waals surface area contributed by atoms with Crippen molar-refractivity contribution >= 4 is 29.4 Å². The lowest BCUT2D eigenvalue weighted by Gasteiger charge is -2.02. The van der Waals surface area contributed by atoms with E-state index in [0.29, 0.717) is 16.8 Å². The summed E-state index contributed by atoms with van der Waals surface area (Å²) in [5.41, 5.74) is 1.89. The van der Waals surface area contributed by atoms with E-state index in [1.54, 1.807) is 42.5 Å². The first-order chi connectivity index (χ1) is 11.0. The molecule has 0 atom stereocenters. The number of carboxylic acid groups (broad SMARTS) is 1. The fourth-order valence-corrected chi connectivity index (χ4v) is 1.96. The van der Waals surface area contributed by atoms with Gasteiger partial charge in [-0.3, -0.25) is 9.59 Å². The smallest absolute Gasteiger partial charge is 0.335 e. The molecular formula is C18H15NO4. The summed E-state index contributed by atoms with van der Waals surface area (Å²) < 4.78 is 0. The average molecular weight is 309 g/mol. The lowest BCUT2D eigenvalue weighted by atomic mass is 10.1. The van der Waals surface area contributed by atoms with Crippen LogP contribution < -0.4 is 5.32 Å². The van der Waals surface area contributed by atoms with Gasteiger partial charge in [-0.05, 0) is 48.0 Å². The minimum absolute atomic E-state index is 0.166. The third kappa shape index (κ3) is 4.64. The second-order valence-electron chi connectivity index (χ2n) is 4.89. The number of nitrogens with one attached hydrogen (secondary N) is 1. The van der Waals surface area contributed by atoms with Crippen molar-refractivity contribution in [2.45, 2.75) is 6.92 Å². The molecule has 23 heavy (non-hydrogen) atoms. The molecule has 0 bridgehead atoms. The first-order valence-electron chi connectivity index (χ1n) is 6.89. The van der Waals surface area contributed by atoms with Crippen molar-refractivity contribution < 1.29 is 19.5 Å². The molecule has 0 radical (unpaired) electrons. The first kappa shape index (κ1) is 16.2. The minimum atomic E-state index is -1.01. The van der Waals surface area contributed by atoms with Gasteiger partial charge in [0.2, 0.25) is 5.91 Å². The van der Waals surface area contributed by atoms with Crippen LogP contribution in [0.1, 0.15) is 33.2 Å². The summed E-state index contributed by atoms with van der Waals surface area (Å²) in [6.07, 6.45) is 2.95. The molecule has 5 heteroatoms. The van der Waals surface area contributed by atoms with Crippen molar-refractivity contribution in [2.75, 3.05) is 5.32 Å². The molecular weight excluding hydrogens is 294 g/mol. The maximum absolute atomic E-state index is 12.1. The van der Waals surface area contributed by atoms with Crippen LogP contribution in [0, 0.1) is 0 Å². The maximum atomic E-state index is 12.1. The van der Waals surface area contributed by atoms with Gasteiger partial charge in [0, 0.05) is 18.2 Å². The van der Waals surface area contributed by atoms with Gasteiger partial charge in [0.15, 0.2) is 5.78 Å². The molecule has 0 aliphatic rings. The van der Waals surface area contributed by atoms with E-state index in [1.165, 1.54) is 25.1 Å². The number of carboxylic acids is 1. The molecule has 0 unspecified atom stereocenters. The molecule has 0 aromatic heterocycles. The van der Waals surface area contributed by atoms with E-state index in [2.05, 4.69) is 5.32 Å². The number of allylic oxidation sites excluding steroid dienone is 1. The van der Waals surface area contributed by atoms with Crippen LogP contribution in [0.25, 0.3) is 6.08 Å². The number of anilines is 1. The summed E-state index contributed by atoms with van der Waals surface area (Å²) in [4.78, 5) is 33.9. The molecule has 2 N–H and O–H groups in total. The molecule has 116 valence electrons. The van der Waals surface area contributed by atoms with Crippen LogP contribution in [0.4, 0.5) is 5.69 Å². The fourth-order valence-electron chi connectivity index (χ4n) is 1.96. The Balaban J connectivity index is 2.10. The van der Waals surface area contributed by atoms with Crippen molar-refractivity contribution in [2.24, 2.45) is 0 Å². The number of rotatable bonds is 5. The first-order valence-corrected chi connectivity index (χ1v) is 6.89. The van der Waals surface area contributed by atoms with Gasteiger partial charge in [0.1, 0.15) is 0 Å². The molecule has 0 aliphatic carbocycles. The SMILES string of the molecule is CC(=O)Nc1ccc(C(=O)/C=C/c2cccc(C(=O)O)c2)cc1. The number of hydrogen-bond acceptors (Lipinski definition) is 3. The zero-order chi connectivity index (χ0) is 16.8. The quantitative estimate of drug-likeness (QED) is 0.656. The second kappa shape index (κ2) is 7.17. The van der Waals surface area contributed by atoms with E-state index in [1.807, 2.05) is 0 Å². The van der Waals surface area contributed by atoms with E-state index in [0.717, 1.165) is 0 Å². The number of amides is 1. The number of aromatic carboxylic acids is 1. The zero-order valence-electron chi connectivity index (χ0n) is 12.4. The van der Waals surface area contributed by atoms with Crippen LogP contribution in [0.5, 0.6) is 0 Å². The fraction of sp³-hybridized carbons (Fsp3) is 0.0556. The zero-order valence-corrected chi connectivity index (χ0v) is 12.4. The van der Waals surface area contributed by atoms with E-state index < -0.39 is 5.97 Å². The van der Waals surface area contributed by atoms with Gasteiger partial charge in [0.05, 0.1) is 5.56 Å². The molecule has 0 heterocycles. The number of carbonyl (C=O) groups excluding carboxylic acids is 2. The Kier molecular flexibility index (Phi) is 5.04. The van der Waals surface area contributed by atoms with Crippen molar-refractivity contribution in [1.29, 1.82) is 0 Å². The van der Waals surface area contributed by atoms with Gasteiger partial charge in [0.25, 0.3) is 0 Å². The van der Waals surface area contributed by atoms with Gasteiger partial charge in [-0.25, -0.2) is 4.79 Å². The van der Waals surface area contributed by atoms with Crippen LogP contribution in [0.15, 0.2) is 54.6 Å². The highest BCUT2D eigenvalue weighted by Crippen LogP contribution is 2.12. The van der Waals surface area contributed by atoms with Gasteiger partial charge in [-0.2, -0.15) is 0 Å². The Morgan fingerprint density at radius 1 is 1.00 bits per heavy atom.